The molecule has 0 aliphatic carbocycles. The average Bonchev–Trinajstić information content (AvgIpc) is 2.73. The van der Waals surface area contributed by atoms with Crippen molar-refractivity contribution in [1.29, 1.82) is 0 Å². The number of aromatic nitrogens is 4. The first-order chi connectivity index (χ1) is 14.0. The molecule has 0 N–H and O–H groups in total. The molecule has 0 amide bonds. The lowest BCUT2D eigenvalue weighted by molar-refractivity contribution is -0.154. The van der Waals surface area contributed by atoms with E-state index in [2.05, 4.69) is 24.8 Å². The minimum absolute atomic E-state index is 0.0128. The molecule has 0 aromatic carbocycles. The van der Waals surface area contributed by atoms with Crippen LogP contribution in [0.25, 0.3) is 11.4 Å². The molecule has 0 saturated carbocycles. The third-order valence-corrected chi connectivity index (χ3v) is 4.55. The first-order valence-electron chi connectivity index (χ1n) is 9.09. The van der Waals surface area contributed by atoms with Crippen molar-refractivity contribution < 1.29 is 17.9 Å². The van der Waals surface area contributed by atoms with Gasteiger partial charge in [0.2, 0.25) is 5.88 Å². The van der Waals surface area contributed by atoms with Gasteiger partial charge in [-0.1, -0.05) is 6.07 Å². The molecule has 4 rings (SSSR count). The maximum atomic E-state index is 12.5. The number of halogens is 3. The van der Waals surface area contributed by atoms with E-state index in [9.17, 15) is 13.2 Å². The maximum Gasteiger partial charge on any atom is 0.422 e. The zero-order valence-corrected chi connectivity index (χ0v) is 15.4. The molecule has 4 heterocycles. The average molecular weight is 401 g/mol. The highest BCUT2D eigenvalue weighted by molar-refractivity contribution is 5.53. The summed E-state index contributed by atoms with van der Waals surface area (Å²) in [4.78, 5) is 19.3. The first-order valence-corrected chi connectivity index (χ1v) is 9.09. The lowest BCUT2D eigenvalue weighted by Crippen LogP contribution is -2.31. The van der Waals surface area contributed by atoms with E-state index in [0.29, 0.717) is 24.5 Å². The Morgan fingerprint density at radius 2 is 1.93 bits per heavy atom. The van der Waals surface area contributed by atoms with Crippen LogP contribution in [0.2, 0.25) is 0 Å². The standard InChI is InChI=1S/C20H18F3N5O/c21-20(22,23)13-29-19-15(4-2-7-25-19)11-28-8-5-17-16(12-28)10-26-18(27-17)14-3-1-6-24-9-14/h1-4,6-7,9-10H,5,8,11-13H2. The molecule has 0 bridgehead atoms. The van der Waals surface area contributed by atoms with Gasteiger partial charge in [0.05, 0.1) is 5.69 Å². The molecule has 1 aliphatic heterocycles. The van der Waals surface area contributed by atoms with Crippen molar-refractivity contribution in [2.75, 3.05) is 13.2 Å². The second-order valence-electron chi connectivity index (χ2n) is 6.74. The summed E-state index contributed by atoms with van der Waals surface area (Å²) in [6.45, 7) is 0.413. The highest BCUT2D eigenvalue weighted by Gasteiger charge is 2.29. The number of fused-ring (bicyclic) bond motifs is 1. The van der Waals surface area contributed by atoms with Gasteiger partial charge in [0.25, 0.3) is 0 Å². The van der Waals surface area contributed by atoms with Crippen LogP contribution in [0.1, 0.15) is 16.8 Å². The summed E-state index contributed by atoms with van der Waals surface area (Å²) in [6.07, 6.45) is 2.98. The van der Waals surface area contributed by atoms with Crippen molar-refractivity contribution in [3.8, 4) is 17.3 Å². The second-order valence-corrected chi connectivity index (χ2v) is 6.74. The molecule has 9 heteroatoms. The number of pyridine rings is 2. The Morgan fingerprint density at radius 1 is 1.07 bits per heavy atom. The molecule has 0 unspecified atom stereocenters. The smallest absolute Gasteiger partial charge is 0.422 e. The highest BCUT2D eigenvalue weighted by atomic mass is 19.4. The Morgan fingerprint density at radius 3 is 2.72 bits per heavy atom. The second kappa shape index (κ2) is 8.12. The van der Waals surface area contributed by atoms with Crippen molar-refractivity contribution in [3.05, 3.63) is 65.9 Å². The van der Waals surface area contributed by atoms with Crippen LogP contribution in [0.3, 0.4) is 0 Å². The molecule has 0 fully saturated rings. The molecule has 3 aromatic rings. The normalized spacial score (nSPS) is 14.4. The Hall–Kier alpha value is -3.07. The van der Waals surface area contributed by atoms with Gasteiger partial charge in [0.1, 0.15) is 0 Å². The summed E-state index contributed by atoms with van der Waals surface area (Å²) >= 11 is 0. The van der Waals surface area contributed by atoms with Crippen molar-refractivity contribution in [2.45, 2.75) is 25.7 Å². The van der Waals surface area contributed by atoms with E-state index in [-0.39, 0.29) is 5.88 Å². The number of ether oxygens (including phenoxy) is 1. The highest BCUT2D eigenvalue weighted by Crippen LogP contribution is 2.25. The van der Waals surface area contributed by atoms with Crippen LogP contribution in [0.15, 0.2) is 49.1 Å². The van der Waals surface area contributed by atoms with Gasteiger partial charge in [0, 0.05) is 67.5 Å². The number of hydrogen-bond donors (Lipinski definition) is 0. The molecular weight excluding hydrogens is 383 g/mol. The van der Waals surface area contributed by atoms with Gasteiger partial charge in [-0.15, -0.1) is 0 Å². The van der Waals surface area contributed by atoms with Crippen LogP contribution in [0.4, 0.5) is 13.2 Å². The van der Waals surface area contributed by atoms with E-state index >= 15 is 0 Å². The molecule has 29 heavy (non-hydrogen) atoms. The Balaban J connectivity index is 1.46. The largest absolute Gasteiger partial charge is 0.468 e. The predicted molar refractivity (Wildman–Crippen MR) is 98.9 cm³/mol. The fourth-order valence-corrected chi connectivity index (χ4v) is 3.21. The van der Waals surface area contributed by atoms with Crippen molar-refractivity contribution >= 4 is 0 Å². The minimum atomic E-state index is -4.40. The van der Waals surface area contributed by atoms with Gasteiger partial charge in [-0.3, -0.25) is 9.88 Å². The Kier molecular flexibility index (Phi) is 5.39. The van der Waals surface area contributed by atoms with Crippen molar-refractivity contribution in [1.82, 2.24) is 24.8 Å². The van der Waals surface area contributed by atoms with Gasteiger partial charge < -0.3 is 4.74 Å². The zero-order chi connectivity index (χ0) is 20.3. The van der Waals surface area contributed by atoms with Crippen LogP contribution in [-0.4, -0.2) is 44.2 Å². The number of hydrogen-bond acceptors (Lipinski definition) is 6. The van der Waals surface area contributed by atoms with Gasteiger partial charge in [-0.25, -0.2) is 15.0 Å². The lowest BCUT2D eigenvalue weighted by Gasteiger charge is -2.28. The Labute approximate surface area is 165 Å². The van der Waals surface area contributed by atoms with Gasteiger partial charge >= 0.3 is 6.18 Å². The summed E-state index contributed by atoms with van der Waals surface area (Å²) in [5, 5.41) is 0. The topological polar surface area (TPSA) is 64.0 Å². The maximum absolute atomic E-state index is 12.5. The van der Waals surface area contributed by atoms with Crippen LogP contribution in [-0.2, 0) is 19.5 Å². The van der Waals surface area contributed by atoms with Crippen LogP contribution < -0.4 is 4.74 Å². The monoisotopic (exact) mass is 401 g/mol. The molecule has 0 atom stereocenters. The summed E-state index contributed by atoms with van der Waals surface area (Å²) < 4.78 is 42.3. The first kappa shape index (κ1) is 19.3. The molecule has 0 spiro atoms. The minimum Gasteiger partial charge on any atom is -0.468 e. The third kappa shape index (κ3) is 4.86. The van der Waals surface area contributed by atoms with Crippen molar-refractivity contribution in [2.24, 2.45) is 0 Å². The molecule has 1 aliphatic rings. The van der Waals surface area contributed by atoms with E-state index in [1.165, 1.54) is 6.20 Å². The SMILES string of the molecule is FC(F)(F)COc1ncccc1CN1CCc2nc(-c3cccnc3)ncc2C1. The fourth-order valence-electron chi connectivity index (χ4n) is 3.21. The molecule has 150 valence electrons. The molecule has 0 saturated heterocycles. The molecule has 0 radical (unpaired) electrons. The molecule has 3 aromatic heterocycles. The molecule has 6 nitrogen and oxygen atoms in total. The van der Waals surface area contributed by atoms with E-state index in [1.807, 2.05) is 12.1 Å². The lowest BCUT2D eigenvalue weighted by atomic mass is 10.1. The van der Waals surface area contributed by atoms with Gasteiger partial charge in [0.15, 0.2) is 12.4 Å². The van der Waals surface area contributed by atoms with Crippen LogP contribution in [0.5, 0.6) is 5.88 Å². The zero-order valence-electron chi connectivity index (χ0n) is 15.4. The summed E-state index contributed by atoms with van der Waals surface area (Å²) in [6, 6.07) is 7.17. The fraction of sp³-hybridized carbons (Fsp3) is 0.300. The number of rotatable bonds is 5. The quantitative estimate of drug-likeness (QED) is 0.653. The van der Waals surface area contributed by atoms with E-state index in [4.69, 9.17) is 4.74 Å². The number of nitrogens with zero attached hydrogens (tertiary/aromatic N) is 5. The summed E-state index contributed by atoms with van der Waals surface area (Å²) in [7, 11) is 0. The van der Waals surface area contributed by atoms with Crippen LogP contribution >= 0.6 is 0 Å². The Bertz CT molecular complexity index is 981. The van der Waals surface area contributed by atoms with E-state index < -0.39 is 12.8 Å². The van der Waals surface area contributed by atoms with Gasteiger partial charge in [-0.05, 0) is 18.2 Å². The molecular formula is C20H18F3N5O. The van der Waals surface area contributed by atoms with Gasteiger partial charge in [-0.2, -0.15) is 13.2 Å². The van der Waals surface area contributed by atoms with E-state index in [0.717, 1.165) is 29.8 Å². The van der Waals surface area contributed by atoms with E-state index in [1.54, 1.807) is 30.7 Å². The predicted octanol–water partition coefficient (Wildman–Crippen LogP) is 3.43. The third-order valence-electron chi connectivity index (χ3n) is 4.55. The number of alkyl halides is 3. The van der Waals surface area contributed by atoms with Crippen LogP contribution in [0, 0.1) is 0 Å². The summed E-state index contributed by atoms with van der Waals surface area (Å²) in [5.74, 6) is 0.652. The van der Waals surface area contributed by atoms with Crippen molar-refractivity contribution in [3.63, 3.8) is 0 Å². The summed E-state index contributed by atoms with van der Waals surface area (Å²) in [5.41, 5.74) is 3.47.